The summed E-state index contributed by atoms with van der Waals surface area (Å²) in [4.78, 5) is 12.3. The van der Waals surface area contributed by atoms with Gasteiger partial charge < -0.3 is 10.1 Å². The quantitative estimate of drug-likeness (QED) is 0.582. The number of hydrogen-bond donors (Lipinski definition) is 0. The number of nitrogens with zero attached hydrogens (tertiary/aromatic N) is 2. The second kappa shape index (κ2) is 3.52. The first kappa shape index (κ1) is 10.9. The molecule has 0 amide bonds. The lowest BCUT2D eigenvalue weighted by molar-refractivity contribution is -0.389. The van der Waals surface area contributed by atoms with Crippen LogP contribution in [0.25, 0.3) is 0 Å². The minimum Gasteiger partial charge on any atom is -0.358 e. The van der Waals surface area contributed by atoms with Gasteiger partial charge in [0.1, 0.15) is 5.56 Å². The van der Waals surface area contributed by atoms with Crippen molar-refractivity contribution in [3.8, 4) is 0 Å². The molecule has 0 saturated heterocycles. The number of hydrogen-bond acceptors (Lipinski definition) is 3. The van der Waals surface area contributed by atoms with E-state index >= 15 is 0 Å². The Labute approximate surface area is 84.0 Å². The molecule has 14 heavy (non-hydrogen) atoms. The van der Waals surface area contributed by atoms with Crippen molar-refractivity contribution in [2.45, 2.75) is 6.18 Å². The van der Waals surface area contributed by atoms with Gasteiger partial charge in [0.15, 0.2) is 6.20 Å². The molecule has 0 aliphatic heterocycles. The molecule has 0 radical (unpaired) electrons. The van der Waals surface area contributed by atoms with Crippen molar-refractivity contribution in [2.24, 2.45) is 0 Å². The number of nitro groups is 1. The van der Waals surface area contributed by atoms with Crippen LogP contribution in [0.3, 0.4) is 0 Å². The van der Waals surface area contributed by atoms with E-state index < -0.39 is 27.0 Å². The molecule has 0 N–H and O–H groups in total. The van der Waals surface area contributed by atoms with Crippen LogP contribution in [-0.2, 0) is 6.18 Å². The highest BCUT2D eigenvalue weighted by Gasteiger charge is 2.35. The van der Waals surface area contributed by atoms with Crippen LogP contribution in [0.1, 0.15) is 5.56 Å². The summed E-state index contributed by atoms with van der Waals surface area (Å²) in [5, 5.41) is 10.2. The van der Waals surface area contributed by atoms with E-state index in [-0.39, 0.29) is 0 Å². The van der Waals surface area contributed by atoms with Gasteiger partial charge in [-0.1, -0.05) is 0 Å². The van der Waals surface area contributed by atoms with Crippen LogP contribution in [0, 0.1) is 10.1 Å². The summed E-state index contributed by atoms with van der Waals surface area (Å²) in [5.74, 6) is -0.634. The fraction of sp³-hybridized carbons (Fsp3) is 0.167. The molecule has 1 heterocycles. The van der Waals surface area contributed by atoms with Gasteiger partial charge in [0.05, 0.1) is 6.07 Å². The van der Waals surface area contributed by atoms with Crippen LogP contribution in [0.15, 0.2) is 16.7 Å². The standard InChI is InChI=1S/C6H2BrF3N2O2/c7-4-1-5(12(13)14)11-2-3(4)6(8,9)10/h1-2H. The summed E-state index contributed by atoms with van der Waals surface area (Å²) >= 11 is 2.59. The predicted octanol–water partition coefficient (Wildman–Crippen LogP) is 2.77. The summed E-state index contributed by atoms with van der Waals surface area (Å²) in [6.07, 6.45) is -4.15. The van der Waals surface area contributed by atoms with Gasteiger partial charge >= 0.3 is 12.0 Å². The van der Waals surface area contributed by atoms with Crippen LogP contribution in [0.5, 0.6) is 0 Å². The van der Waals surface area contributed by atoms with Gasteiger partial charge in [0.2, 0.25) is 0 Å². The Bertz CT molecular complexity index is 380. The first-order valence-corrected chi connectivity index (χ1v) is 3.99. The van der Waals surface area contributed by atoms with Crippen molar-refractivity contribution in [3.63, 3.8) is 0 Å². The van der Waals surface area contributed by atoms with Gasteiger partial charge in [0, 0.05) is 4.47 Å². The molecule has 0 atom stereocenters. The fourth-order valence-corrected chi connectivity index (χ4v) is 1.26. The van der Waals surface area contributed by atoms with Gasteiger partial charge in [-0.2, -0.15) is 13.2 Å². The molecule has 0 unspecified atom stereocenters. The Balaban J connectivity index is 3.21. The Morgan fingerprint density at radius 1 is 1.50 bits per heavy atom. The third-order valence-electron chi connectivity index (χ3n) is 1.33. The normalized spacial score (nSPS) is 11.4. The predicted molar refractivity (Wildman–Crippen MR) is 43.6 cm³/mol. The van der Waals surface area contributed by atoms with E-state index in [0.29, 0.717) is 12.3 Å². The van der Waals surface area contributed by atoms with Crippen LogP contribution >= 0.6 is 15.9 Å². The van der Waals surface area contributed by atoms with Crippen molar-refractivity contribution in [1.82, 2.24) is 4.98 Å². The van der Waals surface area contributed by atoms with Crippen LogP contribution in [-0.4, -0.2) is 9.91 Å². The Morgan fingerprint density at radius 2 is 2.07 bits per heavy atom. The van der Waals surface area contributed by atoms with Crippen molar-refractivity contribution in [2.75, 3.05) is 0 Å². The molecule has 0 bridgehead atoms. The molecule has 0 aliphatic carbocycles. The molecule has 8 heteroatoms. The Kier molecular flexibility index (Phi) is 2.74. The molecule has 0 fully saturated rings. The van der Waals surface area contributed by atoms with E-state index in [0.717, 1.165) is 0 Å². The molecular formula is C6H2BrF3N2O2. The lowest BCUT2D eigenvalue weighted by atomic mass is 10.3. The van der Waals surface area contributed by atoms with E-state index in [1.54, 1.807) is 0 Å². The molecule has 1 aromatic heterocycles. The highest BCUT2D eigenvalue weighted by Crippen LogP contribution is 2.35. The SMILES string of the molecule is O=[N+]([O-])c1cc(Br)c(C(F)(F)F)cn1. The molecular weight excluding hydrogens is 269 g/mol. The highest BCUT2D eigenvalue weighted by molar-refractivity contribution is 9.10. The van der Waals surface area contributed by atoms with Crippen molar-refractivity contribution in [1.29, 1.82) is 0 Å². The third-order valence-corrected chi connectivity index (χ3v) is 1.99. The zero-order chi connectivity index (χ0) is 10.9. The van der Waals surface area contributed by atoms with Crippen LogP contribution in [0.4, 0.5) is 19.0 Å². The summed E-state index contributed by atoms with van der Waals surface area (Å²) in [5.41, 5.74) is -1.04. The molecule has 0 aromatic carbocycles. The van der Waals surface area contributed by atoms with Gasteiger partial charge in [0.25, 0.3) is 0 Å². The first-order chi connectivity index (χ1) is 6.32. The summed E-state index contributed by atoms with van der Waals surface area (Å²) in [7, 11) is 0. The highest BCUT2D eigenvalue weighted by atomic mass is 79.9. The van der Waals surface area contributed by atoms with Crippen molar-refractivity contribution >= 4 is 21.7 Å². The molecule has 1 rings (SSSR count). The number of alkyl halides is 3. The average Bonchev–Trinajstić information content (AvgIpc) is 2.01. The average molecular weight is 271 g/mol. The van der Waals surface area contributed by atoms with E-state index in [9.17, 15) is 23.3 Å². The zero-order valence-corrected chi connectivity index (χ0v) is 7.96. The maximum atomic E-state index is 12.1. The van der Waals surface area contributed by atoms with E-state index in [4.69, 9.17) is 0 Å². The third kappa shape index (κ3) is 2.19. The largest absolute Gasteiger partial charge is 0.421 e. The maximum absolute atomic E-state index is 12.1. The van der Waals surface area contributed by atoms with E-state index in [1.807, 2.05) is 0 Å². The second-order valence-corrected chi connectivity index (χ2v) is 3.13. The number of pyridine rings is 1. The number of halogens is 4. The summed E-state index contributed by atoms with van der Waals surface area (Å²) in [6, 6.07) is 0.711. The maximum Gasteiger partial charge on any atom is 0.421 e. The first-order valence-electron chi connectivity index (χ1n) is 3.19. The topological polar surface area (TPSA) is 56.0 Å². The fourth-order valence-electron chi connectivity index (χ4n) is 0.729. The second-order valence-electron chi connectivity index (χ2n) is 2.28. The van der Waals surface area contributed by atoms with Gasteiger partial charge in [-0.3, -0.25) is 0 Å². The summed E-state index contributed by atoms with van der Waals surface area (Å²) < 4.78 is 36.0. The molecule has 0 spiro atoms. The van der Waals surface area contributed by atoms with E-state index in [1.165, 1.54) is 0 Å². The van der Waals surface area contributed by atoms with Crippen molar-refractivity contribution < 1.29 is 18.1 Å². The van der Waals surface area contributed by atoms with Crippen LogP contribution < -0.4 is 0 Å². The molecule has 4 nitrogen and oxygen atoms in total. The van der Waals surface area contributed by atoms with Gasteiger partial charge in [-0.05, 0) is 25.8 Å². The monoisotopic (exact) mass is 270 g/mol. The minimum absolute atomic E-state index is 0.397. The van der Waals surface area contributed by atoms with E-state index in [2.05, 4.69) is 20.9 Å². The van der Waals surface area contributed by atoms with Gasteiger partial charge in [-0.15, -0.1) is 0 Å². The minimum atomic E-state index is -4.57. The Hall–Kier alpha value is -1.18. The number of aromatic nitrogens is 1. The molecule has 0 saturated carbocycles. The molecule has 76 valence electrons. The molecule has 1 aromatic rings. The lowest BCUT2D eigenvalue weighted by Crippen LogP contribution is -2.07. The summed E-state index contributed by atoms with van der Waals surface area (Å²) in [6.45, 7) is 0. The van der Waals surface area contributed by atoms with Crippen LogP contribution in [0.2, 0.25) is 0 Å². The molecule has 0 aliphatic rings. The zero-order valence-electron chi connectivity index (χ0n) is 6.38. The van der Waals surface area contributed by atoms with Crippen molar-refractivity contribution in [3.05, 3.63) is 32.4 Å². The number of rotatable bonds is 1. The lowest BCUT2D eigenvalue weighted by Gasteiger charge is -2.05. The smallest absolute Gasteiger partial charge is 0.358 e. The Morgan fingerprint density at radius 3 is 2.43 bits per heavy atom. The van der Waals surface area contributed by atoms with Gasteiger partial charge in [-0.25, -0.2) is 0 Å².